The van der Waals surface area contributed by atoms with Crippen molar-refractivity contribution in [2.75, 3.05) is 13.1 Å². The van der Waals surface area contributed by atoms with Crippen molar-refractivity contribution < 1.29 is 4.79 Å². The molecule has 1 saturated heterocycles. The van der Waals surface area contributed by atoms with Crippen LogP contribution in [0.4, 0.5) is 0 Å². The van der Waals surface area contributed by atoms with Gasteiger partial charge in [0.25, 0.3) is 0 Å². The van der Waals surface area contributed by atoms with Gasteiger partial charge in [0.15, 0.2) is 0 Å². The second-order valence-electron chi connectivity index (χ2n) is 7.13. The predicted molar refractivity (Wildman–Crippen MR) is 101 cm³/mol. The summed E-state index contributed by atoms with van der Waals surface area (Å²) in [4.78, 5) is 18.5. The zero-order valence-electron chi connectivity index (χ0n) is 15.5. The summed E-state index contributed by atoms with van der Waals surface area (Å²) in [5, 5.41) is 11.8. The third-order valence-electron chi connectivity index (χ3n) is 5.30. The molecule has 3 heterocycles. The Balaban J connectivity index is 1.33. The molecule has 2 aromatic heterocycles. The average molecular weight is 364 g/mol. The van der Waals surface area contributed by atoms with Gasteiger partial charge in [-0.3, -0.25) is 9.89 Å². The van der Waals surface area contributed by atoms with Gasteiger partial charge < -0.3 is 4.90 Å². The van der Waals surface area contributed by atoms with Crippen molar-refractivity contribution >= 4 is 5.91 Å². The van der Waals surface area contributed by atoms with Gasteiger partial charge in [0.2, 0.25) is 5.91 Å². The van der Waals surface area contributed by atoms with Crippen molar-refractivity contribution in [2.24, 2.45) is 0 Å². The highest BCUT2D eigenvalue weighted by Gasteiger charge is 2.28. The van der Waals surface area contributed by atoms with Crippen LogP contribution in [-0.4, -0.2) is 48.9 Å². The number of benzene rings is 1. The van der Waals surface area contributed by atoms with E-state index in [9.17, 15) is 4.79 Å². The minimum Gasteiger partial charge on any atom is -0.341 e. The number of H-pyrrole nitrogens is 1. The quantitative estimate of drug-likeness (QED) is 0.754. The fourth-order valence-electron chi connectivity index (χ4n) is 3.69. The number of amides is 1. The van der Waals surface area contributed by atoms with Gasteiger partial charge >= 0.3 is 0 Å². The summed E-state index contributed by atoms with van der Waals surface area (Å²) < 4.78 is 1.61. The van der Waals surface area contributed by atoms with E-state index < -0.39 is 0 Å². The first kappa shape index (κ1) is 17.5. The molecule has 0 spiro atoms. The molecule has 7 nitrogen and oxygen atoms in total. The van der Waals surface area contributed by atoms with Crippen LogP contribution < -0.4 is 0 Å². The molecular weight excluding hydrogens is 340 g/mol. The minimum absolute atomic E-state index is 0.103. The first-order valence-electron chi connectivity index (χ1n) is 9.41. The molecule has 1 fully saturated rings. The number of likely N-dealkylation sites (tertiary alicyclic amines) is 1. The first-order chi connectivity index (χ1) is 13.2. The summed E-state index contributed by atoms with van der Waals surface area (Å²) in [6.07, 6.45) is 5.78. The van der Waals surface area contributed by atoms with E-state index in [-0.39, 0.29) is 11.9 Å². The van der Waals surface area contributed by atoms with Gasteiger partial charge in [-0.25, -0.2) is 9.67 Å². The number of nitrogens with zero attached hydrogens (tertiary/aromatic N) is 5. The van der Waals surface area contributed by atoms with Gasteiger partial charge in [-0.2, -0.15) is 10.2 Å². The van der Waals surface area contributed by atoms with Crippen LogP contribution in [0.15, 0.2) is 49.1 Å². The second-order valence-corrected chi connectivity index (χ2v) is 7.13. The lowest BCUT2D eigenvalue weighted by Crippen LogP contribution is -2.41. The van der Waals surface area contributed by atoms with E-state index in [4.69, 9.17) is 0 Å². The number of aromatic nitrogens is 5. The number of nitrogens with one attached hydrogen (secondary N) is 1. The molecule has 0 unspecified atom stereocenters. The molecule has 1 aliphatic rings. The van der Waals surface area contributed by atoms with Crippen LogP contribution in [0.25, 0.3) is 0 Å². The van der Waals surface area contributed by atoms with Crippen LogP contribution in [0.1, 0.15) is 48.7 Å². The van der Waals surface area contributed by atoms with Crippen molar-refractivity contribution in [1.29, 1.82) is 0 Å². The van der Waals surface area contributed by atoms with Crippen LogP contribution in [0.3, 0.4) is 0 Å². The van der Waals surface area contributed by atoms with Crippen molar-refractivity contribution in [3.05, 3.63) is 66.0 Å². The van der Waals surface area contributed by atoms with Crippen molar-refractivity contribution in [3.63, 3.8) is 0 Å². The maximum absolute atomic E-state index is 12.7. The maximum Gasteiger partial charge on any atom is 0.247 e. The van der Waals surface area contributed by atoms with E-state index in [1.165, 1.54) is 11.9 Å². The summed E-state index contributed by atoms with van der Waals surface area (Å²) in [7, 11) is 0. The van der Waals surface area contributed by atoms with Crippen LogP contribution in [0, 0.1) is 0 Å². The van der Waals surface area contributed by atoms with Gasteiger partial charge in [-0.05, 0) is 31.4 Å². The molecule has 0 bridgehead atoms. The number of hydrogen-bond donors (Lipinski definition) is 1. The zero-order valence-corrected chi connectivity index (χ0v) is 15.5. The number of hydrogen-bond acceptors (Lipinski definition) is 4. The highest BCUT2D eigenvalue weighted by molar-refractivity contribution is 5.80. The first-order valence-corrected chi connectivity index (χ1v) is 9.41. The van der Waals surface area contributed by atoms with Gasteiger partial charge in [0, 0.05) is 31.1 Å². The molecule has 1 atom stereocenters. The minimum atomic E-state index is -0.313. The van der Waals surface area contributed by atoms with Crippen molar-refractivity contribution in [3.8, 4) is 0 Å². The summed E-state index contributed by atoms with van der Waals surface area (Å²) in [6, 6.07) is 12.3. The number of rotatable bonds is 5. The highest BCUT2D eigenvalue weighted by atomic mass is 16.2. The smallest absolute Gasteiger partial charge is 0.247 e. The molecule has 0 saturated carbocycles. The Bertz CT molecular complexity index is 865. The number of piperidine rings is 1. The van der Waals surface area contributed by atoms with Crippen LogP contribution in [0.2, 0.25) is 0 Å². The normalized spacial score (nSPS) is 16.4. The Labute approximate surface area is 158 Å². The Kier molecular flexibility index (Phi) is 5.00. The van der Waals surface area contributed by atoms with E-state index in [0.29, 0.717) is 5.92 Å². The molecule has 27 heavy (non-hydrogen) atoms. The summed E-state index contributed by atoms with van der Waals surface area (Å²) in [5.74, 6) is 0.502. The lowest BCUT2D eigenvalue weighted by Gasteiger charge is -2.32. The number of aromatic amines is 1. The number of carbonyl (C=O) groups is 1. The molecule has 0 aliphatic carbocycles. The topological polar surface area (TPSA) is 79.7 Å². The fraction of sp³-hybridized carbons (Fsp3) is 0.400. The maximum atomic E-state index is 12.7. The zero-order chi connectivity index (χ0) is 18.6. The van der Waals surface area contributed by atoms with E-state index in [2.05, 4.69) is 50.6 Å². The van der Waals surface area contributed by atoms with Gasteiger partial charge in [0.1, 0.15) is 18.7 Å². The summed E-state index contributed by atoms with van der Waals surface area (Å²) in [6.45, 7) is 3.37. The van der Waals surface area contributed by atoms with Crippen LogP contribution in [0.5, 0.6) is 0 Å². The van der Waals surface area contributed by atoms with Gasteiger partial charge in [0.05, 0.1) is 5.69 Å². The Hall–Kier alpha value is -2.96. The second kappa shape index (κ2) is 7.73. The third kappa shape index (κ3) is 3.92. The fourth-order valence-corrected chi connectivity index (χ4v) is 3.69. The van der Waals surface area contributed by atoms with E-state index in [0.717, 1.165) is 43.7 Å². The van der Waals surface area contributed by atoms with Crippen LogP contribution in [-0.2, 0) is 11.2 Å². The SMILES string of the molecule is C[C@H](C(=O)N1CCC(c2cc(Cc3ccccc3)[nH]n2)CC1)n1cncn1. The lowest BCUT2D eigenvalue weighted by molar-refractivity contribution is -0.135. The molecule has 7 heteroatoms. The summed E-state index contributed by atoms with van der Waals surface area (Å²) >= 11 is 0. The Morgan fingerprint density at radius 1 is 1.26 bits per heavy atom. The van der Waals surface area contributed by atoms with Crippen LogP contribution >= 0.6 is 0 Å². The van der Waals surface area contributed by atoms with Gasteiger partial charge in [-0.1, -0.05) is 30.3 Å². The third-order valence-corrected chi connectivity index (χ3v) is 5.30. The van der Waals surface area contributed by atoms with Crippen molar-refractivity contribution in [2.45, 2.75) is 38.1 Å². The molecule has 0 radical (unpaired) electrons. The molecule has 1 aliphatic heterocycles. The summed E-state index contributed by atoms with van der Waals surface area (Å²) in [5.41, 5.74) is 3.52. The Morgan fingerprint density at radius 3 is 2.74 bits per heavy atom. The van der Waals surface area contributed by atoms with E-state index in [1.54, 1.807) is 11.0 Å². The monoisotopic (exact) mass is 364 g/mol. The molecule has 1 aromatic carbocycles. The highest BCUT2D eigenvalue weighted by Crippen LogP contribution is 2.28. The lowest BCUT2D eigenvalue weighted by atomic mass is 9.93. The largest absolute Gasteiger partial charge is 0.341 e. The molecule has 140 valence electrons. The van der Waals surface area contributed by atoms with E-state index in [1.807, 2.05) is 17.9 Å². The molecule has 1 amide bonds. The number of carbonyl (C=O) groups excluding carboxylic acids is 1. The molecule has 1 N–H and O–H groups in total. The Morgan fingerprint density at radius 2 is 2.04 bits per heavy atom. The standard InChI is InChI=1S/C20H24N6O/c1-15(26-14-21-13-22-26)20(27)25-9-7-17(8-10-25)19-12-18(23-24-19)11-16-5-3-2-4-6-16/h2-6,12-15,17H,7-11H2,1H3,(H,23,24)/t15-/m1/s1. The van der Waals surface area contributed by atoms with Crippen molar-refractivity contribution in [1.82, 2.24) is 29.9 Å². The molecule has 3 aromatic rings. The van der Waals surface area contributed by atoms with Gasteiger partial charge in [-0.15, -0.1) is 0 Å². The molecule has 4 rings (SSSR count). The van der Waals surface area contributed by atoms with E-state index >= 15 is 0 Å². The predicted octanol–water partition coefficient (Wildman–Crippen LogP) is 2.56. The average Bonchev–Trinajstić information content (AvgIpc) is 3.40. The molecular formula is C20H24N6O.